The van der Waals surface area contributed by atoms with Crippen molar-refractivity contribution in [3.63, 3.8) is 0 Å². The third-order valence-electron chi connectivity index (χ3n) is 5.24. The van der Waals surface area contributed by atoms with Crippen LogP contribution in [0.1, 0.15) is 38.3 Å². The molecular weight excluding hydrogens is 300 g/mol. The van der Waals surface area contributed by atoms with Crippen molar-refractivity contribution in [1.29, 1.82) is 0 Å². The molecule has 5 heteroatoms. The van der Waals surface area contributed by atoms with E-state index in [0.29, 0.717) is 12.8 Å². The first-order chi connectivity index (χ1) is 11.1. The molecule has 1 aliphatic carbocycles. The average molecular weight is 323 g/mol. The fraction of sp³-hybridized carbons (Fsp3) is 0.611. The number of rotatable bonds is 4. The lowest BCUT2D eigenvalue weighted by atomic mass is 9.71. The first-order valence-corrected chi connectivity index (χ1v) is 8.33. The van der Waals surface area contributed by atoms with Crippen molar-refractivity contribution in [3.05, 3.63) is 35.9 Å². The highest BCUT2D eigenvalue weighted by Gasteiger charge is 2.57. The van der Waals surface area contributed by atoms with Gasteiger partial charge in [-0.05, 0) is 32.3 Å². The SMILES string of the molecule is CCOC(=O)[C@H]1[C@@H]2CC[C@H]([C@@H](F)[C@H]2F)N1[C@H](C)c1ccccc1. The van der Waals surface area contributed by atoms with Gasteiger partial charge in [-0.3, -0.25) is 9.69 Å². The van der Waals surface area contributed by atoms with E-state index in [-0.39, 0.29) is 12.6 Å². The highest BCUT2D eigenvalue weighted by Crippen LogP contribution is 2.46. The van der Waals surface area contributed by atoms with Gasteiger partial charge in [0.1, 0.15) is 18.4 Å². The van der Waals surface area contributed by atoms with Gasteiger partial charge in [0.25, 0.3) is 0 Å². The Morgan fingerprint density at radius 3 is 2.61 bits per heavy atom. The first-order valence-electron chi connectivity index (χ1n) is 8.33. The summed E-state index contributed by atoms with van der Waals surface area (Å²) < 4.78 is 34.0. The van der Waals surface area contributed by atoms with E-state index in [4.69, 9.17) is 4.74 Å². The highest BCUT2D eigenvalue weighted by atomic mass is 19.2. The van der Waals surface area contributed by atoms with E-state index in [0.717, 1.165) is 5.56 Å². The molecule has 0 unspecified atom stereocenters. The number of ether oxygens (including phenoxy) is 1. The van der Waals surface area contributed by atoms with Crippen LogP contribution in [-0.4, -0.2) is 41.9 Å². The van der Waals surface area contributed by atoms with Gasteiger partial charge in [0, 0.05) is 18.0 Å². The minimum atomic E-state index is -1.58. The summed E-state index contributed by atoms with van der Waals surface area (Å²) in [6, 6.07) is 8.22. The van der Waals surface area contributed by atoms with Gasteiger partial charge in [0.15, 0.2) is 0 Å². The van der Waals surface area contributed by atoms with Crippen LogP contribution in [0.2, 0.25) is 0 Å². The Morgan fingerprint density at radius 1 is 1.26 bits per heavy atom. The molecule has 1 aromatic rings. The number of alkyl halides is 2. The number of halogens is 2. The van der Waals surface area contributed by atoms with Gasteiger partial charge in [-0.2, -0.15) is 0 Å². The Labute approximate surface area is 135 Å². The molecule has 0 radical (unpaired) electrons. The Bertz CT molecular complexity index is 553. The maximum absolute atomic E-state index is 14.5. The van der Waals surface area contributed by atoms with Gasteiger partial charge >= 0.3 is 5.97 Å². The topological polar surface area (TPSA) is 29.5 Å². The molecule has 3 aliphatic rings. The molecular formula is C18H23F2NO2. The van der Waals surface area contributed by atoms with Crippen LogP contribution in [0.15, 0.2) is 30.3 Å². The molecule has 126 valence electrons. The van der Waals surface area contributed by atoms with E-state index in [2.05, 4.69) is 0 Å². The lowest BCUT2D eigenvalue weighted by Gasteiger charge is -2.55. The molecule has 2 heterocycles. The van der Waals surface area contributed by atoms with E-state index in [9.17, 15) is 13.6 Å². The number of nitrogens with zero attached hydrogens (tertiary/aromatic N) is 1. The number of benzene rings is 1. The van der Waals surface area contributed by atoms with E-state index in [1.807, 2.05) is 42.2 Å². The Morgan fingerprint density at radius 2 is 1.96 bits per heavy atom. The van der Waals surface area contributed by atoms with Crippen LogP contribution in [0, 0.1) is 5.92 Å². The second kappa shape index (κ2) is 6.56. The Kier molecular flexibility index (Phi) is 4.67. The Balaban J connectivity index is 1.95. The third kappa shape index (κ3) is 2.75. The van der Waals surface area contributed by atoms with Gasteiger partial charge in [0.05, 0.1) is 6.61 Å². The molecule has 3 fully saturated rings. The molecule has 4 rings (SSSR count). The van der Waals surface area contributed by atoms with E-state index < -0.39 is 36.3 Å². The van der Waals surface area contributed by atoms with Crippen LogP contribution in [0.4, 0.5) is 8.78 Å². The third-order valence-corrected chi connectivity index (χ3v) is 5.24. The first kappa shape index (κ1) is 16.4. The van der Waals surface area contributed by atoms with Crippen molar-refractivity contribution in [2.24, 2.45) is 5.92 Å². The zero-order valence-corrected chi connectivity index (χ0v) is 13.5. The number of carbonyl (C=O) groups is 1. The van der Waals surface area contributed by atoms with Crippen molar-refractivity contribution in [2.75, 3.05) is 6.61 Å². The molecule has 0 N–H and O–H groups in total. The van der Waals surface area contributed by atoms with Crippen LogP contribution in [0.5, 0.6) is 0 Å². The van der Waals surface area contributed by atoms with Crippen molar-refractivity contribution in [2.45, 2.75) is 57.2 Å². The fourth-order valence-electron chi connectivity index (χ4n) is 4.16. The number of hydrogen-bond acceptors (Lipinski definition) is 3. The van der Waals surface area contributed by atoms with E-state index >= 15 is 0 Å². The maximum Gasteiger partial charge on any atom is 0.323 e. The number of piperidine rings is 2. The normalized spacial score (nSPS) is 35.0. The predicted octanol–water partition coefficient (Wildman–Crippen LogP) is 3.45. The quantitative estimate of drug-likeness (QED) is 0.795. The van der Waals surface area contributed by atoms with Crippen molar-refractivity contribution >= 4 is 5.97 Å². The molecule has 2 saturated heterocycles. The van der Waals surface area contributed by atoms with Gasteiger partial charge < -0.3 is 4.74 Å². The standard InChI is InChI=1S/C18H23F2NO2/c1-3-23-18(22)17-13-9-10-14(16(20)15(13)19)21(17)11(2)12-7-5-4-6-8-12/h4-8,11,13-17H,3,9-10H2,1-2H3/t11-,13-,14-,15+,16-,17-/m1/s1. The minimum absolute atomic E-state index is 0.163. The number of carbonyl (C=O) groups excluding carboxylic acids is 1. The molecule has 2 bridgehead atoms. The summed E-state index contributed by atoms with van der Waals surface area (Å²) in [5, 5.41) is 0. The zero-order valence-electron chi connectivity index (χ0n) is 13.5. The molecule has 0 spiro atoms. The summed E-state index contributed by atoms with van der Waals surface area (Å²) in [6.45, 7) is 3.92. The molecule has 2 aliphatic heterocycles. The van der Waals surface area contributed by atoms with E-state index in [1.54, 1.807) is 6.92 Å². The smallest absolute Gasteiger partial charge is 0.323 e. The molecule has 3 nitrogen and oxygen atoms in total. The second-order valence-electron chi connectivity index (χ2n) is 6.43. The van der Waals surface area contributed by atoms with Crippen molar-refractivity contribution in [3.8, 4) is 0 Å². The predicted molar refractivity (Wildman–Crippen MR) is 83.4 cm³/mol. The molecule has 23 heavy (non-hydrogen) atoms. The molecule has 0 aromatic heterocycles. The molecule has 6 atom stereocenters. The highest BCUT2D eigenvalue weighted by molar-refractivity contribution is 5.77. The second-order valence-corrected chi connectivity index (χ2v) is 6.43. The molecule has 1 saturated carbocycles. The molecule has 1 aromatic carbocycles. The summed E-state index contributed by atoms with van der Waals surface area (Å²) in [7, 11) is 0. The largest absolute Gasteiger partial charge is 0.465 e. The number of esters is 1. The minimum Gasteiger partial charge on any atom is -0.465 e. The summed E-state index contributed by atoms with van der Waals surface area (Å²) >= 11 is 0. The van der Waals surface area contributed by atoms with Crippen LogP contribution in [0.3, 0.4) is 0 Å². The zero-order chi connectivity index (χ0) is 16.6. The van der Waals surface area contributed by atoms with E-state index in [1.165, 1.54) is 0 Å². The monoisotopic (exact) mass is 323 g/mol. The van der Waals surface area contributed by atoms with Crippen LogP contribution in [0.25, 0.3) is 0 Å². The lowest BCUT2D eigenvalue weighted by Crippen LogP contribution is -2.67. The van der Waals surface area contributed by atoms with Crippen molar-refractivity contribution in [1.82, 2.24) is 4.90 Å². The number of hydrogen-bond donors (Lipinski definition) is 0. The summed E-state index contributed by atoms with van der Waals surface area (Å²) in [4.78, 5) is 14.3. The summed E-state index contributed by atoms with van der Waals surface area (Å²) in [5.74, 6) is -1.06. The van der Waals surface area contributed by atoms with Gasteiger partial charge in [-0.25, -0.2) is 8.78 Å². The molecule has 0 amide bonds. The average Bonchev–Trinajstić information content (AvgIpc) is 2.58. The summed E-state index contributed by atoms with van der Waals surface area (Å²) in [5.41, 5.74) is 0.997. The Hall–Kier alpha value is -1.49. The van der Waals surface area contributed by atoms with Gasteiger partial charge in [0.2, 0.25) is 0 Å². The summed E-state index contributed by atoms with van der Waals surface area (Å²) in [6.07, 6.45) is -2.00. The van der Waals surface area contributed by atoms with Gasteiger partial charge in [-0.1, -0.05) is 30.3 Å². The lowest BCUT2D eigenvalue weighted by molar-refractivity contribution is -0.176. The van der Waals surface area contributed by atoms with Gasteiger partial charge in [-0.15, -0.1) is 0 Å². The van der Waals surface area contributed by atoms with Crippen LogP contribution >= 0.6 is 0 Å². The van der Waals surface area contributed by atoms with Crippen LogP contribution < -0.4 is 0 Å². The fourth-order valence-corrected chi connectivity index (χ4v) is 4.16. The van der Waals surface area contributed by atoms with Crippen molar-refractivity contribution < 1.29 is 18.3 Å². The maximum atomic E-state index is 14.5. The van der Waals surface area contributed by atoms with Crippen LogP contribution in [-0.2, 0) is 9.53 Å². The number of fused-ring (bicyclic) bond motifs is 3.